The van der Waals surface area contributed by atoms with Crippen LogP contribution in [0.25, 0.3) is 0 Å². The molecule has 108 valence electrons. The van der Waals surface area contributed by atoms with E-state index in [1.54, 1.807) is 0 Å². The average molecular weight is 264 g/mol. The minimum absolute atomic E-state index is 0.212. The fourth-order valence-electron chi connectivity index (χ4n) is 2.07. The van der Waals surface area contributed by atoms with E-state index in [1.807, 2.05) is 0 Å². The molecular formula is C16H28N2O. The Morgan fingerprint density at radius 1 is 1.05 bits per heavy atom. The van der Waals surface area contributed by atoms with Crippen LogP contribution in [0.2, 0.25) is 0 Å². The summed E-state index contributed by atoms with van der Waals surface area (Å²) in [6.45, 7) is 8.32. The van der Waals surface area contributed by atoms with Crippen molar-refractivity contribution in [1.82, 2.24) is 5.32 Å². The monoisotopic (exact) mass is 264 g/mol. The second-order valence-electron chi connectivity index (χ2n) is 4.91. The van der Waals surface area contributed by atoms with Crippen molar-refractivity contribution >= 4 is 5.69 Å². The van der Waals surface area contributed by atoms with Crippen molar-refractivity contribution in [3.05, 3.63) is 29.8 Å². The molecule has 0 amide bonds. The molecule has 1 rings (SSSR count). The summed E-state index contributed by atoms with van der Waals surface area (Å²) in [5.41, 5.74) is 2.53. The van der Waals surface area contributed by atoms with E-state index in [9.17, 15) is 0 Å². The molecule has 0 aliphatic heterocycles. The molecule has 0 atom stereocenters. The second kappa shape index (κ2) is 9.82. The average Bonchev–Trinajstić information content (AvgIpc) is 2.45. The van der Waals surface area contributed by atoms with Crippen LogP contribution in [0.5, 0.6) is 0 Å². The highest BCUT2D eigenvalue weighted by molar-refractivity contribution is 5.47. The summed E-state index contributed by atoms with van der Waals surface area (Å²) in [7, 11) is 0. The maximum atomic E-state index is 9.14. The molecule has 0 bridgehead atoms. The predicted molar refractivity (Wildman–Crippen MR) is 82.6 cm³/mol. The van der Waals surface area contributed by atoms with Crippen molar-refractivity contribution in [3.63, 3.8) is 0 Å². The molecule has 0 unspecified atom stereocenters. The Bertz CT molecular complexity index is 324. The topological polar surface area (TPSA) is 35.5 Å². The van der Waals surface area contributed by atoms with Gasteiger partial charge in [0.05, 0.1) is 6.61 Å². The zero-order valence-electron chi connectivity index (χ0n) is 12.4. The summed E-state index contributed by atoms with van der Waals surface area (Å²) < 4.78 is 0. The Balaban J connectivity index is 2.55. The first kappa shape index (κ1) is 16.0. The van der Waals surface area contributed by atoms with Crippen LogP contribution in [-0.2, 0) is 6.54 Å². The van der Waals surface area contributed by atoms with Gasteiger partial charge in [-0.2, -0.15) is 0 Å². The summed E-state index contributed by atoms with van der Waals surface area (Å²) in [6, 6.07) is 8.67. The van der Waals surface area contributed by atoms with E-state index in [2.05, 4.69) is 48.3 Å². The van der Waals surface area contributed by atoms with E-state index in [0.29, 0.717) is 6.54 Å². The van der Waals surface area contributed by atoms with Gasteiger partial charge in [0.2, 0.25) is 0 Å². The van der Waals surface area contributed by atoms with Crippen LogP contribution in [0.4, 0.5) is 5.69 Å². The standard InChI is InChI=1S/C16H28N2O/c1-3-5-11-18(12-13-19)16-8-6-15(7-9-16)14-17-10-4-2/h6-9,17,19H,3-5,10-14H2,1-2H3. The molecule has 3 heteroatoms. The van der Waals surface area contributed by atoms with Crippen LogP contribution in [0.1, 0.15) is 38.7 Å². The van der Waals surface area contributed by atoms with Crippen molar-refractivity contribution < 1.29 is 5.11 Å². The van der Waals surface area contributed by atoms with Gasteiger partial charge in [-0.25, -0.2) is 0 Å². The van der Waals surface area contributed by atoms with Crippen LogP contribution in [0, 0.1) is 0 Å². The van der Waals surface area contributed by atoms with Gasteiger partial charge in [0.15, 0.2) is 0 Å². The SMILES string of the molecule is CCCCN(CCO)c1ccc(CNCCC)cc1. The highest BCUT2D eigenvalue weighted by Gasteiger charge is 2.05. The number of aliphatic hydroxyl groups is 1. The highest BCUT2D eigenvalue weighted by Crippen LogP contribution is 2.16. The van der Waals surface area contributed by atoms with Gasteiger partial charge in [0, 0.05) is 25.3 Å². The molecule has 1 aromatic carbocycles. The third-order valence-corrected chi connectivity index (χ3v) is 3.21. The van der Waals surface area contributed by atoms with Crippen LogP contribution in [0.3, 0.4) is 0 Å². The van der Waals surface area contributed by atoms with Crippen molar-refractivity contribution in [1.29, 1.82) is 0 Å². The summed E-state index contributed by atoms with van der Waals surface area (Å²) in [5.74, 6) is 0. The maximum absolute atomic E-state index is 9.14. The number of unbranched alkanes of at least 4 members (excludes halogenated alkanes) is 1. The quantitative estimate of drug-likeness (QED) is 0.638. The largest absolute Gasteiger partial charge is 0.395 e. The molecule has 0 radical (unpaired) electrons. The Kier molecular flexibility index (Phi) is 8.26. The molecule has 0 aliphatic rings. The molecule has 0 heterocycles. The lowest BCUT2D eigenvalue weighted by atomic mass is 10.2. The summed E-state index contributed by atoms with van der Waals surface area (Å²) in [5, 5.41) is 12.5. The predicted octanol–water partition coefficient (Wildman–Crippen LogP) is 2.79. The summed E-state index contributed by atoms with van der Waals surface area (Å²) >= 11 is 0. The zero-order valence-corrected chi connectivity index (χ0v) is 12.4. The number of nitrogens with one attached hydrogen (secondary N) is 1. The number of nitrogens with zero attached hydrogens (tertiary/aromatic N) is 1. The van der Waals surface area contributed by atoms with Gasteiger partial charge in [0.25, 0.3) is 0 Å². The first-order chi connectivity index (χ1) is 9.31. The van der Waals surface area contributed by atoms with Crippen LogP contribution >= 0.6 is 0 Å². The summed E-state index contributed by atoms with van der Waals surface area (Å²) in [6.07, 6.45) is 3.51. The van der Waals surface area contributed by atoms with Gasteiger partial charge in [-0.3, -0.25) is 0 Å². The molecule has 1 aromatic rings. The first-order valence-electron chi connectivity index (χ1n) is 7.47. The Hall–Kier alpha value is -1.06. The van der Waals surface area contributed by atoms with Crippen molar-refractivity contribution in [2.24, 2.45) is 0 Å². The number of anilines is 1. The van der Waals surface area contributed by atoms with Gasteiger partial charge >= 0.3 is 0 Å². The number of rotatable bonds is 10. The molecule has 0 saturated carbocycles. The third-order valence-electron chi connectivity index (χ3n) is 3.21. The lowest BCUT2D eigenvalue weighted by Crippen LogP contribution is -2.27. The van der Waals surface area contributed by atoms with E-state index >= 15 is 0 Å². The zero-order chi connectivity index (χ0) is 13.9. The second-order valence-corrected chi connectivity index (χ2v) is 4.91. The van der Waals surface area contributed by atoms with Gasteiger partial charge in [0.1, 0.15) is 0 Å². The number of benzene rings is 1. The molecule has 0 saturated heterocycles. The highest BCUT2D eigenvalue weighted by atomic mass is 16.3. The minimum Gasteiger partial charge on any atom is -0.395 e. The van der Waals surface area contributed by atoms with E-state index in [1.165, 1.54) is 30.5 Å². The smallest absolute Gasteiger partial charge is 0.0606 e. The number of aliphatic hydroxyl groups excluding tert-OH is 1. The van der Waals surface area contributed by atoms with Crippen molar-refractivity contribution in [2.75, 3.05) is 31.1 Å². The van der Waals surface area contributed by atoms with Gasteiger partial charge < -0.3 is 15.3 Å². The Labute approximate surface area is 117 Å². The third kappa shape index (κ3) is 6.08. The normalized spacial score (nSPS) is 10.7. The van der Waals surface area contributed by atoms with Crippen LogP contribution in [-0.4, -0.2) is 31.3 Å². The fraction of sp³-hybridized carbons (Fsp3) is 0.625. The lowest BCUT2D eigenvalue weighted by molar-refractivity contribution is 0.301. The van der Waals surface area contributed by atoms with Crippen LogP contribution < -0.4 is 10.2 Å². The molecule has 0 aromatic heterocycles. The molecule has 0 aliphatic carbocycles. The molecule has 0 fully saturated rings. The lowest BCUT2D eigenvalue weighted by Gasteiger charge is -2.24. The van der Waals surface area contributed by atoms with E-state index in [-0.39, 0.29) is 6.61 Å². The van der Waals surface area contributed by atoms with Gasteiger partial charge in [-0.1, -0.05) is 32.4 Å². The molecule has 2 N–H and O–H groups in total. The van der Waals surface area contributed by atoms with Gasteiger partial charge in [-0.05, 0) is 37.1 Å². The molecule has 3 nitrogen and oxygen atoms in total. The fourth-order valence-corrected chi connectivity index (χ4v) is 2.07. The summed E-state index contributed by atoms with van der Waals surface area (Å²) in [4.78, 5) is 2.26. The minimum atomic E-state index is 0.212. The number of hydrogen-bond donors (Lipinski definition) is 2. The van der Waals surface area contributed by atoms with E-state index < -0.39 is 0 Å². The maximum Gasteiger partial charge on any atom is 0.0606 e. The first-order valence-corrected chi connectivity index (χ1v) is 7.47. The van der Waals surface area contributed by atoms with Crippen molar-refractivity contribution in [3.8, 4) is 0 Å². The van der Waals surface area contributed by atoms with Crippen LogP contribution in [0.15, 0.2) is 24.3 Å². The van der Waals surface area contributed by atoms with E-state index in [0.717, 1.165) is 19.6 Å². The van der Waals surface area contributed by atoms with Gasteiger partial charge in [-0.15, -0.1) is 0 Å². The molecule has 0 spiro atoms. The Morgan fingerprint density at radius 3 is 2.37 bits per heavy atom. The molecule has 19 heavy (non-hydrogen) atoms. The van der Waals surface area contributed by atoms with Crippen molar-refractivity contribution in [2.45, 2.75) is 39.7 Å². The Morgan fingerprint density at radius 2 is 1.79 bits per heavy atom. The van der Waals surface area contributed by atoms with E-state index in [4.69, 9.17) is 5.11 Å². The molecular weight excluding hydrogens is 236 g/mol. The number of hydrogen-bond acceptors (Lipinski definition) is 3.